The Labute approximate surface area is 134 Å². The molecule has 0 bridgehead atoms. The Morgan fingerprint density at radius 2 is 1.55 bits per heavy atom. The van der Waals surface area contributed by atoms with Crippen LogP contribution in [0.15, 0.2) is 48.8 Å². The first-order valence-electron chi connectivity index (χ1n) is 5.81. The highest BCUT2D eigenvalue weighted by atomic mass is 127. The molecule has 2 heterocycles. The zero-order valence-corrected chi connectivity index (χ0v) is 13.1. The molecule has 0 spiro atoms. The predicted octanol–water partition coefficient (Wildman–Crippen LogP) is 3.86. The van der Waals surface area contributed by atoms with Gasteiger partial charge in [0.2, 0.25) is 0 Å². The van der Waals surface area contributed by atoms with Gasteiger partial charge in [0.05, 0.1) is 9.26 Å². The molecule has 0 aliphatic heterocycles. The van der Waals surface area contributed by atoms with E-state index in [4.69, 9.17) is 11.6 Å². The van der Waals surface area contributed by atoms with Gasteiger partial charge >= 0.3 is 0 Å². The van der Waals surface area contributed by atoms with E-state index in [1.807, 2.05) is 30.3 Å². The van der Waals surface area contributed by atoms with Crippen molar-refractivity contribution >= 4 is 34.2 Å². The van der Waals surface area contributed by atoms with Gasteiger partial charge in [0.25, 0.3) is 0 Å². The molecule has 0 aliphatic carbocycles. The van der Waals surface area contributed by atoms with Gasteiger partial charge in [-0.25, -0.2) is 19.9 Å². The Morgan fingerprint density at radius 1 is 0.850 bits per heavy atom. The molecule has 0 saturated heterocycles. The lowest BCUT2D eigenvalue weighted by molar-refractivity contribution is 1.07. The molecule has 0 aliphatic rings. The molecule has 0 N–H and O–H groups in total. The maximum atomic E-state index is 6.20. The van der Waals surface area contributed by atoms with Gasteiger partial charge in [-0.1, -0.05) is 41.9 Å². The zero-order valence-electron chi connectivity index (χ0n) is 10.2. The second-order valence-electron chi connectivity index (χ2n) is 3.94. The maximum Gasteiger partial charge on any atom is 0.199 e. The lowest BCUT2D eigenvalue weighted by Gasteiger charge is -2.07. The molecule has 98 valence electrons. The Bertz CT molecular complexity index is 735. The average molecular weight is 395 g/mol. The van der Waals surface area contributed by atoms with E-state index in [9.17, 15) is 0 Å². The third kappa shape index (κ3) is 2.64. The highest BCUT2D eigenvalue weighted by molar-refractivity contribution is 14.1. The number of aromatic nitrogens is 4. The van der Waals surface area contributed by atoms with Crippen molar-refractivity contribution in [3.05, 3.63) is 57.5 Å². The Kier molecular flexibility index (Phi) is 3.88. The van der Waals surface area contributed by atoms with E-state index in [-0.39, 0.29) is 0 Å². The molecule has 6 heteroatoms. The molecule has 0 fully saturated rings. The van der Waals surface area contributed by atoms with Crippen molar-refractivity contribution in [2.45, 2.75) is 0 Å². The van der Waals surface area contributed by atoms with Crippen LogP contribution in [0.1, 0.15) is 0 Å². The van der Waals surface area contributed by atoms with Crippen molar-refractivity contribution in [2.75, 3.05) is 0 Å². The molecule has 3 aromatic rings. The van der Waals surface area contributed by atoms with E-state index in [2.05, 4.69) is 42.5 Å². The van der Waals surface area contributed by atoms with Gasteiger partial charge in [0, 0.05) is 18.0 Å². The fraction of sp³-hybridized carbons (Fsp3) is 0. The van der Waals surface area contributed by atoms with Gasteiger partial charge in [0.15, 0.2) is 11.6 Å². The van der Waals surface area contributed by atoms with Crippen LogP contribution < -0.4 is 0 Å². The van der Waals surface area contributed by atoms with Crippen LogP contribution in [0.3, 0.4) is 0 Å². The van der Waals surface area contributed by atoms with Crippen LogP contribution in [0.4, 0.5) is 0 Å². The minimum Gasteiger partial charge on any atom is -0.234 e. The largest absolute Gasteiger partial charge is 0.234 e. The minimum atomic E-state index is 0.405. The smallest absolute Gasteiger partial charge is 0.199 e. The fourth-order valence-corrected chi connectivity index (χ4v) is 2.44. The Balaban J connectivity index is 2.19. The first-order valence-corrected chi connectivity index (χ1v) is 7.27. The number of hydrogen-bond acceptors (Lipinski definition) is 4. The first-order chi connectivity index (χ1) is 9.75. The first kappa shape index (κ1) is 13.4. The van der Waals surface area contributed by atoms with Crippen LogP contribution in [0.25, 0.3) is 22.9 Å². The molecule has 2 aromatic heterocycles. The third-order valence-electron chi connectivity index (χ3n) is 2.62. The van der Waals surface area contributed by atoms with Crippen LogP contribution in [0.2, 0.25) is 5.15 Å². The van der Waals surface area contributed by atoms with Crippen molar-refractivity contribution in [3.8, 4) is 22.9 Å². The monoisotopic (exact) mass is 394 g/mol. The molecule has 0 amide bonds. The fourth-order valence-electron chi connectivity index (χ4n) is 1.72. The van der Waals surface area contributed by atoms with Crippen LogP contribution in [-0.2, 0) is 0 Å². The minimum absolute atomic E-state index is 0.405. The number of hydrogen-bond donors (Lipinski definition) is 0. The quantitative estimate of drug-likeness (QED) is 0.489. The zero-order chi connectivity index (χ0) is 13.9. The third-order valence-corrected chi connectivity index (χ3v) is 4.24. The van der Waals surface area contributed by atoms with Gasteiger partial charge in [-0.05, 0) is 28.7 Å². The topological polar surface area (TPSA) is 51.6 Å². The van der Waals surface area contributed by atoms with E-state index >= 15 is 0 Å². The Morgan fingerprint density at radius 3 is 2.25 bits per heavy atom. The summed E-state index contributed by atoms with van der Waals surface area (Å²) in [6, 6.07) is 11.6. The van der Waals surface area contributed by atoms with Gasteiger partial charge in [-0.2, -0.15) is 0 Å². The molecular weight excluding hydrogens is 387 g/mol. The number of benzene rings is 1. The molecular formula is C14H8ClIN4. The summed E-state index contributed by atoms with van der Waals surface area (Å²) >= 11 is 8.35. The summed E-state index contributed by atoms with van der Waals surface area (Å²) in [7, 11) is 0. The van der Waals surface area contributed by atoms with Gasteiger partial charge in [-0.15, -0.1) is 0 Å². The number of nitrogens with zero attached hydrogens (tertiary/aromatic N) is 4. The molecule has 0 saturated carbocycles. The highest BCUT2D eigenvalue weighted by Gasteiger charge is 2.14. The normalized spacial score (nSPS) is 10.5. The summed E-state index contributed by atoms with van der Waals surface area (Å²) < 4.78 is 0.815. The maximum absolute atomic E-state index is 6.20. The summed E-state index contributed by atoms with van der Waals surface area (Å²) in [5, 5.41) is 0.405. The Hall–Kier alpha value is -1.60. The van der Waals surface area contributed by atoms with E-state index in [0.717, 1.165) is 14.8 Å². The summed E-state index contributed by atoms with van der Waals surface area (Å²) in [6.07, 6.45) is 3.31. The predicted molar refractivity (Wildman–Crippen MR) is 86.2 cm³/mol. The van der Waals surface area contributed by atoms with E-state index in [1.165, 1.54) is 0 Å². The van der Waals surface area contributed by atoms with E-state index in [1.54, 1.807) is 18.5 Å². The van der Waals surface area contributed by atoms with Crippen LogP contribution >= 0.6 is 34.2 Å². The highest BCUT2D eigenvalue weighted by Crippen LogP contribution is 2.29. The van der Waals surface area contributed by atoms with Gasteiger partial charge in [0.1, 0.15) is 5.15 Å². The van der Waals surface area contributed by atoms with Gasteiger partial charge < -0.3 is 0 Å². The molecule has 4 nitrogen and oxygen atoms in total. The second-order valence-corrected chi connectivity index (χ2v) is 5.38. The molecule has 0 atom stereocenters. The van der Waals surface area contributed by atoms with E-state index < -0.39 is 0 Å². The van der Waals surface area contributed by atoms with Crippen molar-refractivity contribution in [2.24, 2.45) is 0 Å². The summed E-state index contributed by atoms with van der Waals surface area (Å²) in [4.78, 5) is 17.1. The van der Waals surface area contributed by atoms with Crippen LogP contribution in [0, 0.1) is 3.57 Å². The van der Waals surface area contributed by atoms with Crippen molar-refractivity contribution in [1.82, 2.24) is 19.9 Å². The number of halogens is 2. The molecule has 20 heavy (non-hydrogen) atoms. The average Bonchev–Trinajstić information content (AvgIpc) is 2.51. The SMILES string of the molecule is Clc1nc(-c2ncccn2)nc(-c2ccccc2)c1I. The lowest BCUT2D eigenvalue weighted by Crippen LogP contribution is -1.99. The standard InChI is InChI=1S/C14H8ClIN4/c15-12-10(16)11(9-5-2-1-3-6-9)19-14(20-12)13-17-7-4-8-18-13/h1-8H. The lowest BCUT2D eigenvalue weighted by atomic mass is 10.1. The van der Waals surface area contributed by atoms with Crippen LogP contribution in [0.5, 0.6) is 0 Å². The molecule has 0 radical (unpaired) electrons. The summed E-state index contributed by atoms with van der Waals surface area (Å²) in [6.45, 7) is 0. The summed E-state index contributed by atoms with van der Waals surface area (Å²) in [5.74, 6) is 0.887. The van der Waals surface area contributed by atoms with Crippen molar-refractivity contribution in [3.63, 3.8) is 0 Å². The molecule has 1 aromatic carbocycles. The van der Waals surface area contributed by atoms with Gasteiger partial charge in [-0.3, -0.25) is 0 Å². The molecule has 0 unspecified atom stereocenters. The van der Waals surface area contributed by atoms with Crippen molar-refractivity contribution in [1.29, 1.82) is 0 Å². The van der Waals surface area contributed by atoms with E-state index in [0.29, 0.717) is 16.8 Å². The van der Waals surface area contributed by atoms with Crippen LogP contribution in [-0.4, -0.2) is 19.9 Å². The summed E-state index contributed by atoms with van der Waals surface area (Å²) in [5.41, 5.74) is 1.77. The molecule has 3 rings (SSSR count). The number of rotatable bonds is 2. The van der Waals surface area contributed by atoms with Crippen molar-refractivity contribution < 1.29 is 0 Å². The second kappa shape index (κ2) is 5.80.